The zero-order chi connectivity index (χ0) is 21.9. The number of hydrazine groups is 1. The number of carbonyl (C=O) groups excluding carboxylic acids is 2. The van der Waals surface area contributed by atoms with E-state index in [1.807, 2.05) is 0 Å². The lowest BCUT2D eigenvalue weighted by Gasteiger charge is -2.12. The molecular weight excluding hydrogens is 498 g/mol. The van der Waals surface area contributed by atoms with Crippen molar-refractivity contribution in [2.45, 2.75) is 0 Å². The van der Waals surface area contributed by atoms with Crippen molar-refractivity contribution in [1.82, 2.24) is 16.2 Å². The van der Waals surface area contributed by atoms with Crippen molar-refractivity contribution in [2.75, 3.05) is 26.9 Å². The number of carbonyl (C=O) groups is 2. The van der Waals surface area contributed by atoms with Gasteiger partial charge in [0.15, 0.2) is 11.7 Å². The number of ether oxygens (including phenoxy) is 3. The molecule has 0 bridgehead atoms. The molecule has 0 aliphatic rings. The highest BCUT2D eigenvalue weighted by atomic mass is 79.9. The van der Waals surface area contributed by atoms with Gasteiger partial charge in [0.25, 0.3) is 11.8 Å². The van der Waals surface area contributed by atoms with E-state index in [1.54, 1.807) is 49.6 Å². The predicted octanol–water partition coefficient (Wildman–Crippen LogP) is 2.84. The van der Waals surface area contributed by atoms with Gasteiger partial charge in [-0.2, -0.15) is 0 Å². The fraction of sp³-hybridized carbons (Fsp3) is 0.211. The third kappa shape index (κ3) is 8.15. The molecule has 0 spiro atoms. The van der Waals surface area contributed by atoms with E-state index in [-0.39, 0.29) is 11.7 Å². The summed E-state index contributed by atoms with van der Waals surface area (Å²) < 4.78 is 16.3. The molecule has 8 nitrogen and oxygen atoms in total. The SMILES string of the molecule is COCCOc1ccc(C(=O)NC(=S)NNC(=O)COc2ccc(Cl)cc2Br)cc1. The maximum Gasteiger partial charge on any atom is 0.276 e. The lowest BCUT2D eigenvalue weighted by molar-refractivity contribution is -0.123. The van der Waals surface area contributed by atoms with E-state index in [0.717, 1.165) is 0 Å². The molecule has 0 radical (unpaired) electrons. The minimum atomic E-state index is -0.494. The van der Waals surface area contributed by atoms with Crippen molar-refractivity contribution in [2.24, 2.45) is 0 Å². The van der Waals surface area contributed by atoms with Gasteiger partial charge >= 0.3 is 0 Å². The first-order valence-corrected chi connectivity index (χ1v) is 10.2. The normalized spacial score (nSPS) is 10.1. The van der Waals surface area contributed by atoms with Crippen molar-refractivity contribution in [1.29, 1.82) is 0 Å². The van der Waals surface area contributed by atoms with Crippen molar-refractivity contribution in [3.05, 3.63) is 57.5 Å². The van der Waals surface area contributed by atoms with E-state index in [4.69, 9.17) is 38.0 Å². The summed E-state index contributed by atoms with van der Waals surface area (Å²) in [7, 11) is 1.59. The molecule has 0 heterocycles. The second kappa shape index (κ2) is 12.3. The maximum atomic E-state index is 12.2. The van der Waals surface area contributed by atoms with Crippen LogP contribution in [0.4, 0.5) is 0 Å². The zero-order valence-electron chi connectivity index (χ0n) is 15.9. The van der Waals surface area contributed by atoms with Gasteiger partial charge in [-0.25, -0.2) is 0 Å². The number of methoxy groups -OCH3 is 1. The second-order valence-electron chi connectivity index (χ2n) is 5.69. The molecule has 0 saturated heterocycles. The van der Waals surface area contributed by atoms with Crippen molar-refractivity contribution in [3.63, 3.8) is 0 Å². The Hall–Kier alpha value is -2.40. The summed E-state index contributed by atoms with van der Waals surface area (Å²) in [5.41, 5.74) is 5.15. The predicted molar refractivity (Wildman–Crippen MR) is 120 cm³/mol. The molecule has 0 aliphatic carbocycles. The summed E-state index contributed by atoms with van der Waals surface area (Å²) in [6.45, 7) is 0.610. The number of amides is 2. The smallest absolute Gasteiger partial charge is 0.276 e. The van der Waals surface area contributed by atoms with Crippen LogP contribution in [0.3, 0.4) is 0 Å². The molecule has 3 N–H and O–H groups in total. The van der Waals surface area contributed by atoms with E-state index < -0.39 is 11.8 Å². The number of hydrogen-bond acceptors (Lipinski definition) is 6. The summed E-state index contributed by atoms with van der Waals surface area (Å²) >= 11 is 14.1. The Bertz CT molecular complexity index is 898. The molecule has 2 amide bonds. The van der Waals surface area contributed by atoms with E-state index in [9.17, 15) is 9.59 Å². The van der Waals surface area contributed by atoms with Crippen molar-refractivity contribution < 1.29 is 23.8 Å². The third-order valence-electron chi connectivity index (χ3n) is 3.47. The molecule has 0 unspecified atom stereocenters. The monoisotopic (exact) mass is 515 g/mol. The van der Waals surface area contributed by atoms with Gasteiger partial charge in [-0.3, -0.25) is 25.8 Å². The highest BCUT2D eigenvalue weighted by Gasteiger charge is 2.10. The molecule has 160 valence electrons. The lowest BCUT2D eigenvalue weighted by atomic mass is 10.2. The van der Waals surface area contributed by atoms with E-state index >= 15 is 0 Å². The van der Waals surface area contributed by atoms with Gasteiger partial charge in [-0.15, -0.1) is 0 Å². The van der Waals surface area contributed by atoms with Crippen LogP contribution in [0.1, 0.15) is 10.4 Å². The highest BCUT2D eigenvalue weighted by Crippen LogP contribution is 2.27. The number of benzene rings is 2. The van der Waals surface area contributed by atoms with Crippen LogP contribution < -0.4 is 25.6 Å². The number of hydrogen-bond donors (Lipinski definition) is 3. The summed E-state index contributed by atoms with van der Waals surface area (Å²) in [6, 6.07) is 11.4. The fourth-order valence-electron chi connectivity index (χ4n) is 2.05. The van der Waals surface area contributed by atoms with Crippen LogP contribution in [0.5, 0.6) is 11.5 Å². The average molecular weight is 517 g/mol. The molecule has 0 saturated carbocycles. The van der Waals surface area contributed by atoms with Gasteiger partial charge in [0, 0.05) is 17.7 Å². The van der Waals surface area contributed by atoms with Crippen LogP contribution in [0.15, 0.2) is 46.9 Å². The maximum absolute atomic E-state index is 12.2. The molecular formula is C19H19BrClN3O5S. The van der Waals surface area contributed by atoms with Gasteiger partial charge < -0.3 is 14.2 Å². The summed E-state index contributed by atoms with van der Waals surface area (Å²) in [6.07, 6.45) is 0. The molecule has 2 aromatic carbocycles. The molecule has 30 heavy (non-hydrogen) atoms. The Morgan fingerprint density at radius 1 is 1.07 bits per heavy atom. The minimum absolute atomic E-state index is 0.0681. The van der Waals surface area contributed by atoms with E-state index in [0.29, 0.717) is 39.8 Å². The average Bonchev–Trinajstić information content (AvgIpc) is 2.72. The Morgan fingerprint density at radius 2 is 1.80 bits per heavy atom. The number of thiocarbonyl (C=S) groups is 1. The standard InChI is InChI=1S/C19H19BrClN3O5S/c1-27-8-9-28-14-5-2-12(3-6-14)18(26)22-19(30)24-23-17(25)11-29-16-7-4-13(21)10-15(16)20/h2-7,10H,8-9,11H2,1H3,(H,23,25)(H2,22,24,26,30). The van der Waals surface area contributed by atoms with Gasteiger partial charge in [0.2, 0.25) is 0 Å². The molecule has 0 fully saturated rings. The topological polar surface area (TPSA) is 97.9 Å². The molecule has 0 atom stereocenters. The van der Waals surface area contributed by atoms with Crippen LogP contribution in [-0.2, 0) is 9.53 Å². The van der Waals surface area contributed by atoms with Gasteiger partial charge in [0.05, 0.1) is 11.1 Å². The lowest BCUT2D eigenvalue weighted by Crippen LogP contribution is -2.49. The molecule has 0 aliphatic heterocycles. The summed E-state index contributed by atoms with van der Waals surface area (Å²) in [5, 5.41) is 2.92. The van der Waals surface area contributed by atoms with Gasteiger partial charge in [-0.1, -0.05) is 11.6 Å². The first-order chi connectivity index (χ1) is 14.4. The first-order valence-electron chi connectivity index (χ1n) is 8.59. The van der Waals surface area contributed by atoms with Gasteiger partial charge in [-0.05, 0) is 70.6 Å². The second-order valence-corrected chi connectivity index (χ2v) is 7.38. The van der Waals surface area contributed by atoms with Gasteiger partial charge in [0.1, 0.15) is 18.1 Å². The zero-order valence-corrected chi connectivity index (χ0v) is 19.0. The van der Waals surface area contributed by atoms with E-state index in [2.05, 4.69) is 32.1 Å². The Morgan fingerprint density at radius 3 is 2.47 bits per heavy atom. The fourth-order valence-corrected chi connectivity index (χ4v) is 2.99. The molecule has 2 rings (SSSR count). The van der Waals surface area contributed by atoms with Crippen molar-refractivity contribution in [3.8, 4) is 11.5 Å². The van der Waals surface area contributed by atoms with Crippen molar-refractivity contribution >= 4 is 56.7 Å². The first kappa shape index (κ1) is 23.9. The van der Waals surface area contributed by atoms with Crippen LogP contribution in [-0.4, -0.2) is 43.9 Å². The number of halogens is 2. The number of nitrogens with one attached hydrogen (secondary N) is 3. The molecule has 0 aromatic heterocycles. The third-order valence-corrected chi connectivity index (χ3v) is 4.53. The van der Waals surface area contributed by atoms with Crippen LogP contribution >= 0.6 is 39.7 Å². The van der Waals surface area contributed by atoms with Crippen LogP contribution in [0, 0.1) is 0 Å². The number of rotatable bonds is 8. The molecule has 11 heteroatoms. The Labute approximate surface area is 192 Å². The Kier molecular flexibility index (Phi) is 9.81. The van der Waals surface area contributed by atoms with Crippen LogP contribution in [0.25, 0.3) is 0 Å². The summed E-state index contributed by atoms with van der Waals surface area (Å²) in [4.78, 5) is 24.1. The minimum Gasteiger partial charge on any atom is -0.491 e. The Balaban J connectivity index is 1.72. The van der Waals surface area contributed by atoms with E-state index in [1.165, 1.54) is 0 Å². The largest absolute Gasteiger partial charge is 0.491 e. The summed E-state index contributed by atoms with van der Waals surface area (Å²) in [5.74, 6) is 0.140. The quantitative estimate of drug-likeness (QED) is 0.282. The van der Waals surface area contributed by atoms with Crippen LogP contribution in [0.2, 0.25) is 5.02 Å². The highest BCUT2D eigenvalue weighted by molar-refractivity contribution is 9.10. The molecule has 2 aromatic rings.